The van der Waals surface area contributed by atoms with Crippen LogP contribution in [-0.2, 0) is 0 Å². The third-order valence-corrected chi connectivity index (χ3v) is 4.03. The van der Waals surface area contributed by atoms with Crippen molar-refractivity contribution in [1.82, 2.24) is 5.32 Å². The minimum absolute atomic E-state index is 0.146. The second kappa shape index (κ2) is 6.99. The number of nitrogens with one attached hydrogen (secondary N) is 1. The summed E-state index contributed by atoms with van der Waals surface area (Å²) < 4.78 is 27.2. The van der Waals surface area contributed by atoms with E-state index in [9.17, 15) is 8.78 Å². The molecule has 1 nitrogen and oxygen atoms in total. The van der Waals surface area contributed by atoms with E-state index in [0.717, 1.165) is 38.6 Å². The van der Waals surface area contributed by atoms with Crippen molar-refractivity contribution in [3.63, 3.8) is 0 Å². The number of rotatable bonds is 4. The lowest BCUT2D eigenvalue weighted by molar-refractivity contribution is 0.425. The van der Waals surface area contributed by atoms with Gasteiger partial charge in [-0.2, -0.15) is 0 Å². The molecule has 1 fully saturated rings. The molecule has 1 aromatic carbocycles. The van der Waals surface area contributed by atoms with Crippen LogP contribution in [0.25, 0.3) is 0 Å². The SMILES string of the molecule is CCCNC1CCCCC(c2cccc(F)c2F)C1. The van der Waals surface area contributed by atoms with Crippen molar-refractivity contribution in [2.75, 3.05) is 6.54 Å². The molecule has 0 spiro atoms. The molecule has 0 saturated heterocycles. The molecular formula is C16H23F2N. The van der Waals surface area contributed by atoms with Crippen LogP contribution in [0, 0.1) is 11.6 Å². The van der Waals surface area contributed by atoms with E-state index < -0.39 is 11.6 Å². The fourth-order valence-corrected chi connectivity index (χ4v) is 3.01. The summed E-state index contributed by atoms with van der Waals surface area (Å²) in [6, 6.07) is 5.00. The smallest absolute Gasteiger partial charge is 0.162 e. The van der Waals surface area contributed by atoms with Gasteiger partial charge >= 0.3 is 0 Å². The first-order valence-electron chi connectivity index (χ1n) is 7.39. The number of hydrogen-bond donors (Lipinski definition) is 1. The first-order valence-corrected chi connectivity index (χ1v) is 7.39. The van der Waals surface area contributed by atoms with E-state index in [1.165, 1.54) is 12.5 Å². The number of hydrogen-bond acceptors (Lipinski definition) is 1. The Kier molecular flexibility index (Phi) is 5.32. The molecular weight excluding hydrogens is 244 g/mol. The topological polar surface area (TPSA) is 12.0 Å². The first-order chi connectivity index (χ1) is 9.22. The third-order valence-electron chi connectivity index (χ3n) is 4.03. The quantitative estimate of drug-likeness (QED) is 0.798. The van der Waals surface area contributed by atoms with Gasteiger partial charge in [-0.25, -0.2) is 8.78 Å². The minimum Gasteiger partial charge on any atom is -0.314 e. The van der Waals surface area contributed by atoms with Crippen LogP contribution in [0.1, 0.15) is 56.9 Å². The molecule has 3 heteroatoms. The predicted octanol–water partition coefficient (Wildman–Crippen LogP) is 4.38. The third kappa shape index (κ3) is 3.75. The Hall–Kier alpha value is -0.960. The van der Waals surface area contributed by atoms with Crippen LogP contribution < -0.4 is 5.32 Å². The Morgan fingerprint density at radius 3 is 2.79 bits per heavy atom. The average Bonchev–Trinajstić information content (AvgIpc) is 2.65. The molecule has 1 N–H and O–H groups in total. The minimum atomic E-state index is -0.722. The molecule has 1 aromatic rings. The maximum Gasteiger partial charge on any atom is 0.162 e. The highest BCUT2D eigenvalue weighted by Gasteiger charge is 2.24. The molecule has 0 aromatic heterocycles. The molecule has 0 radical (unpaired) electrons. The molecule has 0 aliphatic heterocycles. The van der Waals surface area contributed by atoms with Gasteiger partial charge in [0.25, 0.3) is 0 Å². The molecule has 2 rings (SSSR count). The maximum absolute atomic E-state index is 13.9. The molecule has 106 valence electrons. The Morgan fingerprint density at radius 1 is 1.21 bits per heavy atom. The fourth-order valence-electron chi connectivity index (χ4n) is 3.01. The number of benzene rings is 1. The van der Waals surface area contributed by atoms with Gasteiger partial charge in [-0.1, -0.05) is 31.9 Å². The van der Waals surface area contributed by atoms with Gasteiger partial charge in [0, 0.05) is 6.04 Å². The summed E-state index contributed by atoms with van der Waals surface area (Å²) in [5.41, 5.74) is 0.560. The van der Waals surface area contributed by atoms with E-state index in [2.05, 4.69) is 12.2 Å². The van der Waals surface area contributed by atoms with Crippen LogP contribution in [0.15, 0.2) is 18.2 Å². The second-order valence-electron chi connectivity index (χ2n) is 5.51. The monoisotopic (exact) mass is 267 g/mol. The standard InChI is InChI=1S/C16H23F2N/c1-2-10-19-13-7-4-3-6-12(11-13)14-8-5-9-15(17)16(14)18/h5,8-9,12-13,19H,2-4,6-7,10-11H2,1H3. The fraction of sp³-hybridized carbons (Fsp3) is 0.625. The zero-order valence-electron chi connectivity index (χ0n) is 11.6. The molecule has 2 atom stereocenters. The highest BCUT2D eigenvalue weighted by molar-refractivity contribution is 5.23. The van der Waals surface area contributed by atoms with E-state index in [0.29, 0.717) is 11.6 Å². The molecule has 1 aliphatic carbocycles. The van der Waals surface area contributed by atoms with E-state index in [4.69, 9.17) is 0 Å². The van der Waals surface area contributed by atoms with Crippen molar-refractivity contribution in [3.05, 3.63) is 35.4 Å². The van der Waals surface area contributed by atoms with Crippen molar-refractivity contribution >= 4 is 0 Å². The van der Waals surface area contributed by atoms with Gasteiger partial charge in [0.1, 0.15) is 0 Å². The lowest BCUT2D eigenvalue weighted by Crippen LogP contribution is -2.30. The van der Waals surface area contributed by atoms with Crippen molar-refractivity contribution in [2.24, 2.45) is 0 Å². The second-order valence-corrected chi connectivity index (χ2v) is 5.51. The van der Waals surface area contributed by atoms with Crippen molar-refractivity contribution in [3.8, 4) is 0 Å². The summed E-state index contributed by atoms with van der Waals surface area (Å²) in [6.45, 7) is 3.15. The molecule has 1 aliphatic rings. The molecule has 0 bridgehead atoms. The van der Waals surface area contributed by atoms with Gasteiger partial charge in [0.15, 0.2) is 11.6 Å². The van der Waals surface area contributed by atoms with E-state index in [1.54, 1.807) is 12.1 Å². The predicted molar refractivity (Wildman–Crippen MR) is 74.3 cm³/mol. The van der Waals surface area contributed by atoms with Gasteiger partial charge in [-0.05, 0) is 49.8 Å². The highest BCUT2D eigenvalue weighted by atomic mass is 19.2. The molecule has 1 saturated carbocycles. The van der Waals surface area contributed by atoms with E-state index in [1.807, 2.05) is 0 Å². The Morgan fingerprint density at radius 2 is 2.00 bits per heavy atom. The normalized spacial score (nSPS) is 24.2. The molecule has 0 heterocycles. The van der Waals surface area contributed by atoms with E-state index >= 15 is 0 Å². The van der Waals surface area contributed by atoms with Gasteiger partial charge in [-0.15, -0.1) is 0 Å². The van der Waals surface area contributed by atoms with Crippen LogP contribution in [0.5, 0.6) is 0 Å². The highest BCUT2D eigenvalue weighted by Crippen LogP contribution is 2.33. The van der Waals surface area contributed by atoms with Crippen LogP contribution in [0.3, 0.4) is 0 Å². The largest absolute Gasteiger partial charge is 0.314 e. The van der Waals surface area contributed by atoms with Gasteiger partial charge in [-0.3, -0.25) is 0 Å². The van der Waals surface area contributed by atoms with E-state index in [-0.39, 0.29) is 5.92 Å². The van der Waals surface area contributed by atoms with Gasteiger partial charge < -0.3 is 5.32 Å². The molecule has 19 heavy (non-hydrogen) atoms. The Bertz CT molecular complexity index is 406. The van der Waals surface area contributed by atoms with Crippen molar-refractivity contribution in [2.45, 2.75) is 57.4 Å². The molecule has 0 amide bonds. The van der Waals surface area contributed by atoms with Crippen molar-refractivity contribution < 1.29 is 8.78 Å². The summed E-state index contributed by atoms with van der Waals surface area (Å²) in [5.74, 6) is -1.23. The summed E-state index contributed by atoms with van der Waals surface area (Å²) in [4.78, 5) is 0. The van der Waals surface area contributed by atoms with Crippen LogP contribution >= 0.6 is 0 Å². The van der Waals surface area contributed by atoms with Crippen LogP contribution in [0.2, 0.25) is 0 Å². The average molecular weight is 267 g/mol. The Labute approximate surface area is 114 Å². The first kappa shape index (κ1) is 14.4. The zero-order chi connectivity index (χ0) is 13.7. The summed E-state index contributed by atoms with van der Waals surface area (Å²) in [6.07, 6.45) is 6.41. The maximum atomic E-state index is 13.9. The van der Waals surface area contributed by atoms with Crippen molar-refractivity contribution in [1.29, 1.82) is 0 Å². The van der Waals surface area contributed by atoms with Crippen LogP contribution in [-0.4, -0.2) is 12.6 Å². The lowest BCUT2D eigenvalue weighted by atomic mass is 9.90. The summed E-state index contributed by atoms with van der Waals surface area (Å²) >= 11 is 0. The zero-order valence-corrected chi connectivity index (χ0v) is 11.6. The lowest BCUT2D eigenvalue weighted by Gasteiger charge is -2.22. The molecule has 2 unspecified atom stereocenters. The number of halogens is 2. The van der Waals surface area contributed by atoms with Crippen LogP contribution in [0.4, 0.5) is 8.78 Å². The summed E-state index contributed by atoms with van der Waals surface area (Å²) in [7, 11) is 0. The Balaban J connectivity index is 2.11. The van der Waals surface area contributed by atoms with Gasteiger partial charge in [0.2, 0.25) is 0 Å². The summed E-state index contributed by atoms with van der Waals surface area (Å²) in [5, 5.41) is 3.53. The van der Waals surface area contributed by atoms with Gasteiger partial charge in [0.05, 0.1) is 0 Å².